The number of fused-ring (bicyclic) bond motifs is 2. The van der Waals surface area contributed by atoms with Crippen LogP contribution in [0.25, 0.3) is 5.57 Å². The highest BCUT2D eigenvalue weighted by molar-refractivity contribution is 7.86. The summed E-state index contributed by atoms with van der Waals surface area (Å²) in [7, 11) is -0.826. The molecule has 0 saturated carbocycles. The maximum absolute atomic E-state index is 12.5. The number of allylic oxidation sites excluding steroid dienone is 1. The van der Waals surface area contributed by atoms with E-state index in [4.69, 9.17) is 0 Å². The van der Waals surface area contributed by atoms with Crippen molar-refractivity contribution in [3.63, 3.8) is 0 Å². The highest BCUT2D eigenvalue weighted by Crippen LogP contribution is 2.37. The van der Waals surface area contributed by atoms with Crippen LogP contribution in [-0.2, 0) is 17.0 Å². The zero-order chi connectivity index (χ0) is 14.3. The minimum atomic E-state index is -4.41. The van der Waals surface area contributed by atoms with Crippen LogP contribution in [0.15, 0.2) is 24.4 Å². The summed E-state index contributed by atoms with van der Waals surface area (Å²) in [4.78, 5) is 3.50. The molecule has 3 heterocycles. The predicted octanol–water partition coefficient (Wildman–Crippen LogP) is 3.56. The molecule has 3 atom stereocenters. The van der Waals surface area contributed by atoms with Gasteiger partial charge in [0.15, 0.2) is 0 Å². The molecule has 3 rings (SSSR count). The van der Waals surface area contributed by atoms with Crippen molar-refractivity contribution in [2.75, 3.05) is 0 Å². The monoisotopic (exact) mass is 301 g/mol. The summed E-state index contributed by atoms with van der Waals surface area (Å²) in [6.45, 7) is 0. The highest BCUT2D eigenvalue weighted by Gasteiger charge is 2.35. The summed E-state index contributed by atoms with van der Waals surface area (Å²) >= 11 is 0. The number of nitrogens with zero attached hydrogens (tertiary/aromatic N) is 1. The second-order valence-electron chi connectivity index (χ2n) is 5.25. The van der Waals surface area contributed by atoms with E-state index in [2.05, 4.69) is 4.98 Å². The fraction of sp³-hybridized carbons (Fsp3) is 0.500. The van der Waals surface area contributed by atoms with Crippen molar-refractivity contribution < 1.29 is 17.4 Å². The number of halogens is 3. The molecule has 2 nitrogen and oxygen atoms in total. The Bertz CT molecular complexity index is 565. The van der Waals surface area contributed by atoms with Crippen molar-refractivity contribution in [3.8, 4) is 0 Å². The largest absolute Gasteiger partial charge is 0.433 e. The van der Waals surface area contributed by atoms with Crippen LogP contribution in [0.1, 0.15) is 36.9 Å². The number of aromatic nitrogens is 1. The molecule has 0 N–H and O–H groups in total. The van der Waals surface area contributed by atoms with Crippen LogP contribution in [0.2, 0.25) is 0 Å². The molecule has 1 aromatic heterocycles. The zero-order valence-corrected chi connectivity index (χ0v) is 11.5. The van der Waals surface area contributed by atoms with Gasteiger partial charge in [-0.05, 0) is 36.5 Å². The molecular weight excluding hydrogens is 287 g/mol. The Morgan fingerprint density at radius 1 is 1.25 bits per heavy atom. The van der Waals surface area contributed by atoms with Crippen LogP contribution >= 0.6 is 0 Å². The van der Waals surface area contributed by atoms with E-state index in [1.54, 1.807) is 0 Å². The Morgan fingerprint density at radius 2 is 2.05 bits per heavy atom. The van der Waals surface area contributed by atoms with Crippen LogP contribution in [0.5, 0.6) is 0 Å². The van der Waals surface area contributed by atoms with E-state index in [0.29, 0.717) is 12.0 Å². The molecule has 20 heavy (non-hydrogen) atoms. The maximum atomic E-state index is 12.5. The third kappa shape index (κ3) is 2.53. The quantitative estimate of drug-likeness (QED) is 0.794. The fourth-order valence-corrected chi connectivity index (χ4v) is 4.80. The van der Waals surface area contributed by atoms with Crippen molar-refractivity contribution in [1.82, 2.24) is 4.98 Å². The van der Waals surface area contributed by atoms with Crippen LogP contribution in [0.3, 0.4) is 0 Å². The van der Waals surface area contributed by atoms with Gasteiger partial charge in [0.1, 0.15) is 5.69 Å². The van der Waals surface area contributed by atoms with Gasteiger partial charge >= 0.3 is 6.18 Å². The third-order valence-corrected chi connectivity index (χ3v) is 5.93. The summed E-state index contributed by atoms with van der Waals surface area (Å²) in [6.07, 6.45) is 2.44. The molecule has 0 amide bonds. The van der Waals surface area contributed by atoms with Gasteiger partial charge in [-0.15, -0.1) is 0 Å². The molecule has 1 saturated heterocycles. The topological polar surface area (TPSA) is 30.0 Å². The van der Waals surface area contributed by atoms with Crippen LogP contribution in [0, 0.1) is 0 Å². The molecular formula is C14H14F3NOS. The third-order valence-electron chi connectivity index (χ3n) is 3.90. The van der Waals surface area contributed by atoms with Gasteiger partial charge in [0.05, 0.1) is 5.25 Å². The maximum Gasteiger partial charge on any atom is 0.433 e. The summed E-state index contributed by atoms with van der Waals surface area (Å²) in [5, 5.41) is 0.204. The molecule has 2 aliphatic heterocycles. The van der Waals surface area contributed by atoms with E-state index < -0.39 is 22.7 Å². The molecule has 1 aromatic rings. The number of hydrogen-bond acceptors (Lipinski definition) is 2. The lowest BCUT2D eigenvalue weighted by Gasteiger charge is -2.32. The summed E-state index contributed by atoms with van der Waals surface area (Å²) in [6, 6.07) is 2.48. The Kier molecular flexibility index (Phi) is 3.44. The first kappa shape index (κ1) is 13.8. The molecule has 6 heteroatoms. The van der Waals surface area contributed by atoms with Crippen LogP contribution in [0.4, 0.5) is 13.2 Å². The second-order valence-corrected chi connectivity index (χ2v) is 7.18. The average molecular weight is 301 g/mol. The molecule has 0 aromatic carbocycles. The average Bonchev–Trinajstić information content (AvgIpc) is 2.37. The van der Waals surface area contributed by atoms with E-state index in [1.165, 1.54) is 12.3 Å². The first-order valence-electron chi connectivity index (χ1n) is 6.59. The van der Waals surface area contributed by atoms with Crippen molar-refractivity contribution in [3.05, 3.63) is 35.7 Å². The molecule has 0 radical (unpaired) electrons. The highest BCUT2D eigenvalue weighted by atomic mass is 32.2. The Balaban J connectivity index is 1.88. The van der Waals surface area contributed by atoms with Gasteiger partial charge in [0.2, 0.25) is 0 Å². The van der Waals surface area contributed by atoms with Crippen molar-refractivity contribution in [2.24, 2.45) is 0 Å². The lowest BCUT2D eigenvalue weighted by molar-refractivity contribution is -0.141. The van der Waals surface area contributed by atoms with E-state index in [0.717, 1.165) is 30.9 Å². The van der Waals surface area contributed by atoms with Gasteiger partial charge in [-0.2, -0.15) is 13.2 Å². The predicted molar refractivity (Wildman–Crippen MR) is 71.4 cm³/mol. The smallest absolute Gasteiger partial charge is 0.259 e. The summed E-state index contributed by atoms with van der Waals surface area (Å²) in [5.41, 5.74) is 0.827. The van der Waals surface area contributed by atoms with Crippen molar-refractivity contribution in [2.45, 2.75) is 42.4 Å². The van der Waals surface area contributed by atoms with Crippen LogP contribution in [-0.4, -0.2) is 19.7 Å². The molecule has 2 bridgehead atoms. The van der Waals surface area contributed by atoms with E-state index in [1.807, 2.05) is 6.08 Å². The normalized spacial score (nSPS) is 29.9. The van der Waals surface area contributed by atoms with Gasteiger partial charge in [-0.1, -0.05) is 18.6 Å². The van der Waals surface area contributed by atoms with Gasteiger partial charge < -0.3 is 0 Å². The molecule has 108 valence electrons. The van der Waals surface area contributed by atoms with Crippen LogP contribution < -0.4 is 0 Å². The summed E-state index contributed by atoms with van der Waals surface area (Å²) in [5.74, 6) is 0. The SMILES string of the molecule is O=S1C2C=C(c3ccc(C(F)(F)F)nc3)CC1CCC2. The minimum Gasteiger partial charge on any atom is -0.259 e. The fourth-order valence-electron chi connectivity index (χ4n) is 2.86. The lowest BCUT2D eigenvalue weighted by Crippen LogP contribution is -2.33. The van der Waals surface area contributed by atoms with Gasteiger partial charge in [0, 0.05) is 22.2 Å². The number of hydrogen-bond donors (Lipinski definition) is 0. The molecule has 3 unspecified atom stereocenters. The van der Waals surface area contributed by atoms with Gasteiger partial charge in [-0.3, -0.25) is 9.19 Å². The molecule has 1 fully saturated rings. The second kappa shape index (κ2) is 4.98. The lowest BCUT2D eigenvalue weighted by atomic mass is 9.94. The Labute approximate surface area is 117 Å². The van der Waals surface area contributed by atoms with E-state index in [9.17, 15) is 17.4 Å². The molecule has 0 aliphatic carbocycles. The van der Waals surface area contributed by atoms with Crippen molar-refractivity contribution >= 4 is 16.4 Å². The molecule has 0 spiro atoms. The molecule has 2 aliphatic rings. The van der Waals surface area contributed by atoms with Gasteiger partial charge in [0.25, 0.3) is 0 Å². The summed E-state index contributed by atoms with van der Waals surface area (Å²) < 4.78 is 49.5. The first-order valence-corrected chi connectivity index (χ1v) is 7.86. The van der Waals surface area contributed by atoms with Gasteiger partial charge in [-0.25, -0.2) is 0 Å². The Morgan fingerprint density at radius 3 is 2.65 bits per heavy atom. The van der Waals surface area contributed by atoms with E-state index in [-0.39, 0.29) is 10.5 Å². The first-order chi connectivity index (χ1) is 9.45. The minimum absolute atomic E-state index is 0.0554. The Hall–Kier alpha value is -1.17. The van der Waals surface area contributed by atoms with E-state index >= 15 is 0 Å². The van der Waals surface area contributed by atoms with Crippen molar-refractivity contribution in [1.29, 1.82) is 0 Å². The number of alkyl halides is 3. The number of rotatable bonds is 1. The number of pyridine rings is 1. The standard InChI is InChI=1S/C14H14F3NOS/c15-14(16,17)13-5-4-9(8-18-13)10-6-11-2-1-3-12(7-10)20(11)19/h4-6,8,11-12H,1-3,7H2. The zero-order valence-electron chi connectivity index (χ0n) is 10.7.